The molecule has 0 bridgehead atoms. The van der Waals surface area contributed by atoms with Crippen LogP contribution in [0.5, 0.6) is 0 Å². The Bertz CT molecular complexity index is 647. The van der Waals surface area contributed by atoms with Gasteiger partial charge in [-0.1, -0.05) is 19.3 Å². The van der Waals surface area contributed by atoms with Crippen LogP contribution in [0.1, 0.15) is 38.5 Å². The molecule has 1 amide bonds. The number of aryl methyl sites for hydroxylation is 1. The van der Waals surface area contributed by atoms with Gasteiger partial charge in [-0.2, -0.15) is 5.10 Å². The van der Waals surface area contributed by atoms with E-state index in [1.807, 2.05) is 7.05 Å². The first kappa shape index (κ1) is 14.7. The summed E-state index contributed by atoms with van der Waals surface area (Å²) in [4.78, 5) is 20.4. The van der Waals surface area contributed by atoms with Gasteiger partial charge in [0.15, 0.2) is 5.65 Å². The van der Waals surface area contributed by atoms with Crippen molar-refractivity contribution in [2.75, 3.05) is 11.9 Å². The molecule has 1 aliphatic carbocycles. The van der Waals surface area contributed by atoms with Gasteiger partial charge in [0.1, 0.15) is 12.1 Å². The minimum atomic E-state index is 0.107. The van der Waals surface area contributed by atoms with Crippen molar-refractivity contribution < 1.29 is 4.79 Å². The normalized spacial score (nSPS) is 15.9. The number of hydrogen-bond acceptors (Lipinski definition) is 5. The lowest BCUT2D eigenvalue weighted by Crippen LogP contribution is -2.36. The highest BCUT2D eigenvalue weighted by Gasteiger charge is 2.15. The smallest absolute Gasteiger partial charge is 0.221 e. The van der Waals surface area contributed by atoms with Crippen LogP contribution in [0.2, 0.25) is 0 Å². The molecule has 7 nitrogen and oxygen atoms in total. The Morgan fingerprint density at radius 2 is 2.14 bits per heavy atom. The number of fused-ring (bicyclic) bond motifs is 1. The number of carbonyl (C=O) groups is 1. The lowest BCUT2D eigenvalue weighted by Gasteiger charge is -2.22. The first-order valence-electron chi connectivity index (χ1n) is 7.90. The maximum atomic E-state index is 12.0. The van der Waals surface area contributed by atoms with E-state index in [0.29, 0.717) is 19.0 Å². The molecule has 1 aliphatic rings. The molecular formula is C15H22N6O. The molecular weight excluding hydrogens is 280 g/mol. The number of amides is 1. The van der Waals surface area contributed by atoms with Gasteiger partial charge in [-0.25, -0.2) is 9.97 Å². The summed E-state index contributed by atoms with van der Waals surface area (Å²) in [5, 5.41) is 11.4. The van der Waals surface area contributed by atoms with Crippen LogP contribution in [0.25, 0.3) is 11.0 Å². The van der Waals surface area contributed by atoms with E-state index in [1.54, 1.807) is 10.9 Å². The molecule has 2 aromatic rings. The van der Waals surface area contributed by atoms with Crippen molar-refractivity contribution in [1.29, 1.82) is 0 Å². The van der Waals surface area contributed by atoms with Gasteiger partial charge in [0.2, 0.25) is 5.91 Å². The highest BCUT2D eigenvalue weighted by Crippen LogP contribution is 2.18. The standard InChI is InChI=1S/C15H22N6O/c1-21-15-12(9-19-21)14(17-10-18-15)16-8-7-13(22)20-11-5-3-2-4-6-11/h9-11H,2-8H2,1H3,(H,20,22)(H,16,17,18). The predicted octanol–water partition coefficient (Wildman–Crippen LogP) is 1.61. The average molecular weight is 302 g/mol. The molecule has 0 radical (unpaired) electrons. The summed E-state index contributed by atoms with van der Waals surface area (Å²) in [6.45, 7) is 0.555. The number of nitrogens with one attached hydrogen (secondary N) is 2. The van der Waals surface area contributed by atoms with Crippen molar-refractivity contribution in [1.82, 2.24) is 25.1 Å². The molecule has 1 saturated carbocycles. The summed E-state index contributed by atoms with van der Waals surface area (Å²) in [7, 11) is 1.84. The third-order valence-corrected chi connectivity index (χ3v) is 4.14. The Labute approximate surface area is 129 Å². The van der Waals surface area contributed by atoms with E-state index in [9.17, 15) is 4.79 Å². The molecule has 0 aromatic carbocycles. The maximum absolute atomic E-state index is 12.0. The predicted molar refractivity (Wildman–Crippen MR) is 84.4 cm³/mol. The van der Waals surface area contributed by atoms with Gasteiger partial charge >= 0.3 is 0 Å². The number of carbonyl (C=O) groups excluding carboxylic acids is 1. The lowest BCUT2D eigenvalue weighted by molar-refractivity contribution is -0.121. The highest BCUT2D eigenvalue weighted by atomic mass is 16.1. The summed E-state index contributed by atoms with van der Waals surface area (Å²) in [6.07, 6.45) is 9.66. The second-order valence-corrected chi connectivity index (χ2v) is 5.81. The zero-order chi connectivity index (χ0) is 15.4. The molecule has 7 heteroatoms. The van der Waals surface area contributed by atoms with Crippen LogP contribution >= 0.6 is 0 Å². The van der Waals surface area contributed by atoms with Gasteiger partial charge in [0, 0.05) is 26.1 Å². The van der Waals surface area contributed by atoms with E-state index in [1.165, 1.54) is 25.6 Å². The minimum absolute atomic E-state index is 0.107. The second kappa shape index (κ2) is 6.72. The minimum Gasteiger partial charge on any atom is -0.369 e. The Kier molecular flexibility index (Phi) is 4.50. The second-order valence-electron chi connectivity index (χ2n) is 5.81. The number of nitrogens with zero attached hydrogens (tertiary/aromatic N) is 4. The van der Waals surface area contributed by atoms with E-state index in [2.05, 4.69) is 25.7 Å². The largest absolute Gasteiger partial charge is 0.369 e. The lowest BCUT2D eigenvalue weighted by atomic mass is 9.95. The van der Waals surface area contributed by atoms with Crippen LogP contribution in [0.15, 0.2) is 12.5 Å². The van der Waals surface area contributed by atoms with Crippen LogP contribution in [-0.4, -0.2) is 38.2 Å². The topological polar surface area (TPSA) is 84.7 Å². The van der Waals surface area contributed by atoms with Gasteiger partial charge in [-0.05, 0) is 12.8 Å². The number of aromatic nitrogens is 4. The third kappa shape index (κ3) is 3.35. The van der Waals surface area contributed by atoms with Gasteiger partial charge in [0.05, 0.1) is 11.6 Å². The van der Waals surface area contributed by atoms with Gasteiger partial charge < -0.3 is 10.6 Å². The van der Waals surface area contributed by atoms with Crippen LogP contribution in [0.4, 0.5) is 5.82 Å². The van der Waals surface area contributed by atoms with Crippen LogP contribution in [-0.2, 0) is 11.8 Å². The fourth-order valence-electron chi connectivity index (χ4n) is 2.94. The molecule has 118 valence electrons. The molecule has 0 aliphatic heterocycles. The average Bonchev–Trinajstić information content (AvgIpc) is 2.91. The van der Waals surface area contributed by atoms with Crippen LogP contribution < -0.4 is 10.6 Å². The van der Waals surface area contributed by atoms with Gasteiger partial charge in [-0.15, -0.1) is 0 Å². The molecule has 0 atom stereocenters. The van der Waals surface area contributed by atoms with E-state index < -0.39 is 0 Å². The van der Waals surface area contributed by atoms with Crippen molar-refractivity contribution in [3.8, 4) is 0 Å². The Morgan fingerprint density at radius 1 is 1.32 bits per heavy atom. The fourth-order valence-corrected chi connectivity index (χ4v) is 2.94. The molecule has 2 aromatic heterocycles. The summed E-state index contributed by atoms with van der Waals surface area (Å²) >= 11 is 0. The van der Waals surface area contributed by atoms with Crippen molar-refractivity contribution in [3.05, 3.63) is 12.5 Å². The first-order valence-corrected chi connectivity index (χ1v) is 7.90. The monoisotopic (exact) mass is 302 g/mol. The third-order valence-electron chi connectivity index (χ3n) is 4.14. The molecule has 2 heterocycles. The van der Waals surface area contributed by atoms with Crippen LogP contribution in [0.3, 0.4) is 0 Å². The van der Waals surface area contributed by atoms with Crippen molar-refractivity contribution in [2.24, 2.45) is 7.05 Å². The van der Waals surface area contributed by atoms with Gasteiger partial charge in [-0.3, -0.25) is 9.48 Å². The molecule has 3 rings (SSSR count). The van der Waals surface area contributed by atoms with Crippen molar-refractivity contribution in [2.45, 2.75) is 44.6 Å². The van der Waals surface area contributed by atoms with E-state index in [0.717, 1.165) is 29.7 Å². The summed E-state index contributed by atoms with van der Waals surface area (Å²) in [5.74, 6) is 0.833. The molecule has 22 heavy (non-hydrogen) atoms. The van der Waals surface area contributed by atoms with Gasteiger partial charge in [0.25, 0.3) is 0 Å². The molecule has 1 fully saturated rings. The fraction of sp³-hybridized carbons (Fsp3) is 0.600. The number of rotatable bonds is 5. The van der Waals surface area contributed by atoms with Crippen molar-refractivity contribution >= 4 is 22.8 Å². The molecule has 0 saturated heterocycles. The summed E-state index contributed by atoms with van der Waals surface area (Å²) in [6, 6.07) is 0.366. The Balaban J connectivity index is 1.50. The maximum Gasteiger partial charge on any atom is 0.221 e. The summed E-state index contributed by atoms with van der Waals surface area (Å²) in [5.41, 5.74) is 0.782. The molecule has 2 N–H and O–H groups in total. The zero-order valence-electron chi connectivity index (χ0n) is 12.9. The first-order chi connectivity index (χ1) is 10.7. The van der Waals surface area contributed by atoms with E-state index in [-0.39, 0.29) is 5.91 Å². The van der Waals surface area contributed by atoms with Crippen LogP contribution in [0, 0.1) is 0 Å². The Hall–Kier alpha value is -2.18. The highest BCUT2D eigenvalue weighted by molar-refractivity contribution is 5.86. The molecule has 0 unspecified atom stereocenters. The van der Waals surface area contributed by atoms with Crippen molar-refractivity contribution in [3.63, 3.8) is 0 Å². The quantitative estimate of drug-likeness (QED) is 0.876. The number of anilines is 1. The van der Waals surface area contributed by atoms with E-state index in [4.69, 9.17) is 0 Å². The van der Waals surface area contributed by atoms with E-state index >= 15 is 0 Å². The SMILES string of the molecule is Cn1ncc2c(NCCC(=O)NC3CCCCC3)ncnc21. The molecule has 0 spiro atoms. The zero-order valence-corrected chi connectivity index (χ0v) is 12.9. The summed E-state index contributed by atoms with van der Waals surface area (Å²) < 4.78 is 1.71. The Morgan fingerprint density at radius 3 is 2.95 bits per heavy atom. The number of hydrogen-bond donors (Lipinski definition) is 2.